The molecule has 3 aromatic carbocycles. The fraction of sp³-hybridized carbons (Fsp3) is 0.0526. The standard InChI is InChI=1S/C19H16N4O/c20-12-15-10-14(13-6-2-1-3-7-13)11-18(19(15)24)23-21-16-8-4-5-9-17(16)22-23/h1-11,24H,12,20H2. The van der Waals surface area contributed by atoms with E-state index < -0.39 is 0 Å². The van der Waals surface area contributed by atoms with E-state index in [1.807, 2.05) is 66.7 Å². The lowest BCUT2D eigenvalue weighted by Crippen LogP contribution is -2.04. The van der Waals surface area contributed by atoms with Crippen molar-refractivity contribution in [3.05, 3.63) is 72.3 Å². The Hall–Kier alpha value is -3.18. The van der Waals surface area contributed by atoms with Crippen LogP contribution in [0.15, 0.2) is 66.7 Å². The number of benzene rings is 3. The van der Waals surface area contributed by atoms with E-state index >= 15 is 0 Å². The molecule has 4 rings (SSSR count). The van der Waals surface area contributed by atoms with Gasteiger partial charge in [-0.05, 0) is 35.4 Å². The SMILES string of the molecule is NCc1cc(-c2ccccc2)cc(-n2nc3ccccc3n2)c1O. The third kappa shape index (κ3) is 2.41. The van der Waals surface area contributed by atoms with E-state index in [9.17, 15) is 5.11 Å². The Kier molecular flexibility index (Phi) is 3.48. The molecule has 0 spiro atoms. The molecule has 0 atom stereocenters. The quantitative estimate of drug-likeness (QED) is 0.608. The van der Waals surface area contributed by atoms with Crippen molar-refractivity contribution in [2.24, 2.45) is 5.73 Å². The molecule has 118 valence electrons. The fourth-order valence-corrected chi connectivity index (χ4v) is 2.75. The first kappa shape index (κ1) is 14.4. The topological polar surface area (TPSA) is 77.0 Å². The Morgan fingerprint density at radius 1 is 0.833 bits per heavy atom. The molecule has 0 bridgehead atoms. The second-order valence-electron chi connectivity index (χ2n) is 5.55. The van der Waals surface area contributed by atoms with Crippen molar-refractivity contribution in [1.82, 2.24) is 15.0 Å². The summed E-state index contributed by atoms with van der Waals surface area (Å²) in [4.78, 5) is 1.46. The molecular weight excluding hydrogens is 300 g/mol. The lowest BCUT2D eigenvalue weighted by molar-refractivity contribution is 0.461. The number of nitrogens with two attached hydrogens (primary N) is 1. The predicted octanol–water partition coefficient (Wildman–Crippen LogP) is 3.25. The molecule has 0 aliphatic rings. The minimum Gasteiger partial charge on any atom is -0.505 e. The second kappa shape index (κ2) is 5.79. The summed E-state index contributed by atoms with van der Waals surface area (Å²) < 4.78 is 0. The number of nitrogens with zero attached hydrogens (tertiary/aromatic N) is 3. The van der Waals surface area contributed by atoms with Gasteiger partial charge in [-0.1, -0.05) is 42.5 Å². The van der Waals surface area contributed by atoms with Gasteiger partial charge in [-0.3, -0.25) is 0 Å². The average Bonchev–Trinajstić information content (AvgIpc) is 3.06. The maximum absolute atomic E-state index is 10.6. The van der Waals surface area contributed by atoms with Crippen LogP contribution in [0.5, 0.6) is 5.75 Å². The zero-order chi connectivity index (χ0) is 16.5. The molecule has 3 N–H and O–H groups in total. The molecular formula is C19H16N4O. The van der Waals surface area contributed by atoms with Crippen LogP contribution < -0.4 is 5.73 Å². The first-order valence-electron chi connectivity index (χ1n) is 7.70. The summed E-state index contributed by atoms with van der Waals surface area (Å²) in [7, 11) is 0. The Morgan fingerprint density at radius 3 is 2.08 bits per heavy atom. The number of fused-ring (bicyclic) bond motifs is 1. The summed E-state index contributed by atoms with van der Waals surface area (Å²) in [5.74, 6) is 0.109. The van der Waals surface area contributed by atoms with Crippen LogP contribution in [-0.2, 0) is 6.54 Å². The van der Waals surface area contributed by atoms with Crippen LogP contribution >= 0.6 is 0 Å². The largest absolute Gasteiger partial charge is 0.505 e. The zero-order valence-corrected chi connectivity index (χ0v) is 12.9. The molecule has 0 aliphatic carbocycles. The maximum atomic E-state index is 10.6. The van der Waals surface area contributed by atoms with E-state index in [1.165, 1.54) is 4.80 Å². The summed E-state index contributed by atoms with van der Waals surface area (Å²) in [5, 5.41) is 19.5. The number of aromatic hydroxyl groups is 1. The van der Waals surface area contributed by atoms with Crippen LogP contribution in [0.2, 0.25) is 0 Å². The van der Waals surface area contributed by atoms with Crippen LogP contribution in [-0.4, -0.2) is 20.1 Å². The summed E-state index contributed by atoms with van der Waals surface area (Å²) in [5.41, 5.74) is 10.5. The Balaban J connectivity index is 1.93. The van der Waals surface area contributed by atoms with Gasteiger partial charge < -0.3 is 10.8 Å². The molecule has 1 heterocycles. The Morgan fingerprint density at radius 2 is 1.46 bits per heavy atom. The van der Waals surface area contributed by atoms with Crippen LogP contribution in [0.1, 0.15) is 5.56 Å². The highest BCUT2D eigenvalue weighted by atomic mass is 16.3. The molecule has 5 heteroatoms. The third-order valence-corrected chi connectivity index (χ3v) is 4.00. The molecule has 1 aromatic heterocycles. The highest BCUT2D eigenvalue weighted by Crippen LogP contribution is 2.32. The van der Waals surface area contributed by atoms with Gasteiger partial charge in [-0.25, -0.2) is 0 Å². The van der Waals surface area contributed by atoms with Crippen molar-refractivity contribution in [3.63, 3.8) is 0 Å². The number of phenols is 1. The van der Waals surface area contributed by atoms with Crippen molar-refractivity contribution in [2.45, 2.75) is 6.54 Å². The molecule has 0 radical (unpaired) electrons. The number of phenolic OH excluding ortho intramolecular Hbond substituents is 1. The van der Waals surface area contributed by atoms with Crippen molar-refractivity contribution in [3.8, 4) is 22.6 Å². The average molecular weight is 316 g/mol. The molecule has 0 fully saturated rings. The van der Waals surface area contributed by atoms with E-state index in [1.54, 1.807) is 0 Å². The Labute approximate surface area is 139 Å². The van der Waals surface area contributed by atoms with Crippen LogP contribution in [0.25, 0.3) is 27.8 Å². The van der Waals surface area contributed by atoms with E-state index in [4.69, 9.17) is 5.73 Å². The molecule has 0 saturated carbocycles. The summed E-state index contributed by atoms with van der Waals surface area (Å²) in [6, 6.07) is 21.3. The van der Waals surface area contributed by atoms with Crippen molar-refractivity contribution >= 4 is 11.0 Å². The Bertz CT molecular complexity index is 975. The fourth-order valence-electron chi connectivity index (χ4n) is 2.75. The van der Waals surface area contributed by atoms with E-state index in [0.717, 1.165) is 22.2 Å². The molecule has 5 nitrogen and oxygen atoms in total. The molecule has 4 aromatic rings. The van der Waals surface area contributed by atoms with Gasteiger partial charge in [-0.15, -0.1) is 15.0 Å². The van der Waals surface area contributed by atoms with Gasteiger partial charge in [0.05, 0.1) is 0 Å². The van der Waals surface area contributed by atoms with Crippen molar-refractivity contribution in [2.75, 3.05) is 0 Å². The second-order valence-corrected chi connectivity index (χ2v) is 5.55. The minimum atomic E-state index is 0.109. The molecule has 0 unspecified atom stereocenters. The van der Waals surface area contributed by atoms with Crippen molar-refractivity contribution in [1.29, 1.82) is 0 Å². The number of hydrogen-bond acceptors (Lipinski definition) is 4. The van der Waals surface area contributed by atoms with Crippen LogP contribution in [0.4, 0.5) is 0 Å². The summed E-state index contributed by atoms with van der Waals surface area (Å²) in [6.07, 6.45) is 0. The number of aromatic nitrogens is 3. The number of hydrogen-bond donors (Lipinski definition) is 2. The molecule has 24 heavy (non-hydrogen) atoms. The van der Waals surface area contributed by atoms with E-state index in [0.29, 0.717) is 11.3 Å². The van der Waals surface area contributed by atoms with Gasteiger partial charge in [0.15, 0.2) is 0 Å². The minimum absolute atomic E-state index is 0.109. The first-order chi connectivity index (χ1) is 11.8. The van der Waals surface area contributed by atoms with Crippen LogP contribution in [0.3, 0.4) is 0 Å². The lowest BCUT2D eigenvalue weighted by Gasteiger charge is -2.11. The lowest BCUT2D eigenvalue weighted by atomic mass is 10.0. The molecule has 0 saturated heterocycles. The van der Waals surface area contributed by atoms with Gasteiger partial charge in [0.25, 0.3) is 0 Å². The smallest absolute Gasteiger partial charge is 0.147 e. The van der Waals surface area contributed by atoms with E-state index in [2.05, 4.69) is 10.2 Å². The van der Waals surface area contributed by atoms with Gasteiger partial charge in [0.2, 0.25) is 0 Å². The van der Waals surface area contributed by atoms with Gasteiger partial charge >= 0.3 is 0 Å². The molecule has 0 aliphatic heterocycles. The predicted molar refractivity (Wildman–Crippen MR) is 93.9 cm³/mol. The highest BCUT2D eigenvalue weighted by molar-refractivity contribution is 5.75. The molecule has 0 amide bonds. The van der Waals surface area contributed by atoms with Crippen LogP contribution in [0, 0.1) is 0 Å². The third-order valence-electron chi connectivity index (χ3n) is 4.00. The van der Waals surface area contributed by atoms with Gasteiger partial charge in [0, 0.05) is 12.1 Å². The highest BCUT2D eigenvalue weighted by Gasteiger charge is 2.14. The normalized spacial score (nSPS) is 11.0. The van der Waals surface area contributed by atoms with Crippen molar-refractivity contribution < 1.29 is 5.11 Å². The van der Waals surface area contributed by atoms with Gasteiger partial charge in [-0.2, -0.15) is 0 Å². The van der Waals surface area contributed by atoms with E-state index in [-0.39, 0.29) is 12.3 Å². The number of rotatable bonds is 3. The summed E-state index contributed by atoms with van der Waals surface area (Å²) in [6.45, 7) is 0.236. The zero-order valence-electron chi connectivity index (χ0n) is 12.9. The summed E-state index contributed by atoms with van der Waals surface area (Å²) >= 11 is 0. The monoisotopic (exact) mass is 316 g/mol. The maximum Gasteiger partial charge on any atom is 0.147 e. The first-order valence-corrected chi connectivity index (χ1v) is 7.70. The van der Waals surface area contributed by atoms with Gasteiger partial charge in [0.1, 0.15) is 22.5 Å².